The normalized spacial score (nSPS) is 10.2. The average Bonchev–Trinajstić information content (AvgIpc) is 2.80. The van der Waals surface area contributed by atoms with Crippen LogP contribution in [0.4, 0.5) is 23.1 Å². The van der Waals surface area contributed by atoms with E-state index in [-0.39, 0.29) is 12.4 Å². The third-order valence-corrected chi connectivity index (χ3v) is 4.46. The summed E-state index contributed by atoms with van der Waals surface area (Å²) < 4.78 is 21.1. The maximum absolute atomic E-state index is 11.6. The summed E-state index contributed by atoms with van der Waals surface area (Å²) >= 11 is 0. The largest absolute Gasteiger partial charge is 0.493 e. The van der Waals surface area contributed by atoms with Crippen LogP contribution >= 0.6 is 0 Å². The zero-order chi connectivity index (χ0) is 22.9. The van der Waals surface area contributed by atoms with Crippen molar-refractivity contribution in [2.45, 2.75) is 13.3 Å². The van der Waals surface area contributed by atoms with Crippen LogP contribution in [0.2, 0.25) is 0 Å². The maximum Gasteiger partial charge on any atom is 0.310 e. The number of esters is 1. The van der Waals surface area contributed by atoms with Gasteiger partial charge in [-0.2, -0.15) is 4.98 Å². The van der Waals surface area contributed by atoms with Gasteiger partial charge in [0.15, 0.2) is 11.5 Å². The van der Waals surface area contributed by atoms with E-state index in [4.69, 9.17) is 18.9 Å². The van der Waals surface area contributed by atoms with Gasteiger partial charge >= 0.3 is 5.97 Å². The summed E-state index contributed by atoms with van der Waals surface area (Å²) in [6, 6.07) is 12.8. The highest BCUT2D eigenvalue weighted by Crippen LogP contribution is 2.40. The van der Waals surface area contributed by atoms with Gasteiger partial charge in [-0.3, -0.25) is 4.79 Å². The molecule has 0 bridgehead atoms. The third-order valence-electron chi connectivity index (χ3n) is 4.46. The molecule has 0 aliphatic rings. The fourth-order valence-electron chi connectivity index (χ4n) is 3.00. The number of aromatic nitrogens is 2. The number of nitrogens with zero attached hydrogens (tertiary/aromatic N) is 2. The molecule has 0 radical (unpaired) electrons. The second kappa shape index (κ2) is 10.9. The lowest BCUT2D eigenvalue weighted by molar-refractivity contribution is -0.142. The molecule has 0 saturated heterocycles. The van der Waals surface area contributed by atoms with Gasteiger partial charge in [-0.15, -0.1) is 0 Å². The van der Waals surface area contributed by atoms with E-state index in [0.717, 1.165) is 11.3 Å². The van der Waals surface area contributed by atoms with Crippen molar-refractivity contribution in [3.63, 3.8) is 0 Å². The molecule has 32 heavy (non-hydrogen) atoms. The highest BCUT2D eigenvalue weighted by Gasteiger charge is 2.14. The van der Waals surface area contributed by atoms with E-state index in [1.807, 2.05) is 24.3 Å². The highest BCUT2D eigenvalue weighted by atomic mass is 16.5. The van der Waals surface area contributed by atoms with Crippen LogP contribution in [0, 0.1) is 0 Å². The molecule has 3 rings (SSSR count). The molecule has 0 unspecified atom stereocenters. The van der Waals surface area contributed by atoms with E-state index in [2.05, 4.69) is 20.6 Å². The van der Waals surface area contributed by atoms with Crippen LogP contribution in [0.1, 0.15) is 12.5 Å². The Morgan fingerprint density at radius 2 is 1.59 bits per heavy atom. The first-order valence-electron chi connectivity index (χ1n) is 9.98. The molecule has 0 fully saturated rings. The van der Waals surface area contributed by atoms with Crippen molar-refractivity contribution in [3.05, 3.63) is 54.2 Å². The minimum Gasteiger partial charge on any atom is -0.493 e. The Kier molecular flexibility index (Phi) is 7.69. The number of anilines is 4. The minimum absolute atomic E-state index is 0.241. The second-order valence-corrected chi connectivity index (χ2v) is 6.61. The van der Waals surface area contributed by atoms with Crippen molar-refractivity contribution < 1.29 is 23.7 Å². The summed E-state index contributed by atoms with van der Waals surface area (Å²) in [5.41, 5.74) is 2.39. The van der Waals surface area contributed by atoms with E-state index in [9.17, 15) is 4.79 Å². The first kappa shape index (κ1) is 22.7. The van der Waals surface area contributed by atoms with Gasteiger partial charge < -0.3 is 29.6 Å². The van der Waals surface area contributed by atoms with Crippen LogP contribution in [-0.2, 0) is 16.0 Å². The SMILES string of the molecule is CCOC(=O)Cc1ccc(Nc2ccnc(Nc3cc(OC)c(OC)c(OC)c3)n2)cc1. The quantitative estimate of drug-likeness (QED) is 0.453. The Hall–Kier alpha value is -4.01. The molecular weight excluding hydrogens is 412 g/mol. The van der Waals surface area contributed by atoms with Gasteiger partial charge in [-0.05, 0) is 30.7 Å². The molecule has 2 aromatic carbocycles. The van der Waals surface area contributed by atoms with Crippen molar-refractivity contribution in [2.24, 2.45) is 0 Å². The highest BCUT2D eigenvalue weighted by molar-refractivity contribution is 5.73. The molecule has 0 spiro atoms. The standard InChI is InChI=1S/C23H26N4O5/c1-5-32-21(28)12-15-6-8-16(9-7-15)25-20-10-11-24-23(27-20)26-17-13-18(29-2)22(31-4)19(14-17)30-3/h6-11,13-14H,5,12H2,1-4H3,(H2,24,25,26,27). The van der Waals surface area contributed by atoms with Crippen LogP contribution in [0.3, 0.4) is 0 Å². The molecule has 168 valence electrons. The number of carbonyl (C=O) groups is 1. The first-order valence-corrected chi connectivity index (χ1v) is 9.98. The predicted octanol–water partition coefficient (Wildman–Crippen LogP) is 4.10. The molecule has 1 aromatic heterocycles. The van der Waals surface area contributed by atoms with Crippen molar-refractivity contribution in [3.8, 4) is 17.2 Å². The molecule has 3 aromatic rings. The van der Waals surface area contributed by atoms with Crippen LogP contribution in [0.15, 0.2) is 48.7 Å². The zero-order valence-electron chi connectivity index (χ0n) is 18.5. The zero-order valence-corrected chi connectivity index (χ0v) is 18.5. The van der Waals surface area contributed by atoms with Crippen molar-refractivity contribution in [1.82, 2.24) is 9.97 Å². The minimum atomic E-state index is -0.244. The Morgan fingerprint density at radius 3 is 2.19 bits per heavy atom. The van der Waals surface area contributed by atoms with Crippen molar-refractivity contribution in [2.75, 3.05) is 38.6 Å². The van der Waals surface area contributed by atoms with Crippen molar-refractivity contribution in [1.29, 1.82) is 0 Å². The lowest BCUT2D eigenvalue weighted by Crippen LogP contribution is -2.07. The van der Waals surface area contributed by atoms with Gasteiger partial charge in [0.2, 0.25) is 11.7 Å². The van der Waals surface area contributed by atoms with Crippen LogP contribution in [0.5, 0.6) is 17.2 Å². The third kappa shape index (κ3) is 5.78. The van der Waals surface area contributed by atoms with E-state index in [0.29, 0.717) is 41.3 Å². The molecule has 0 aliphatic carbocycles. The molecule has 9 heteroatoms. The fourth-order valence-corrected chi connectivity index (χ4v) is 3.00. The number of nitrogens with one attached hydrogen (secondary N) is 2. The van der Waals surface area contributed by atoms with Crippen LogP contribution in [0.25, 0.3) is 0 Å². The number of rotatable bonds is 10. The Bertz CT molecular complexity index is 1030. The Morgan fingerprint density at radius 1 is 0.906 bits per heavy atom. The molecule has 0 amide bonds. The van der Waals surface area contributed by atoms with E-state index >= 15 is 0 Å². The summed E-state index contributed by atoms with van der Waals surface area (Å²) in [7, 11) is 4.66. The van der Waals surface area contributed by atoms with Gasteiger partial charge in [-0.1, -0.05) is 12.1 Å². The molecule has 0 atom stereocenters. The molecule has 2 N–H and O–H groups in total. The Balaban J connectivity index is 1.71. The fraction of sp³-hybridized carbons (Fsp3) is 0.261. The van der Waals surface area contributed by atoms with Gasteiger partial charge in [0.25, 0.3) is 0 Å². The smallest absolute Gasteiger partial charge is 0.310 e. The lowest BCUT2D eigenvalue weighted by atomic mass is 10.1. The van der Waals surface area contributed by atoms with Gasteiger partial charge in [-0.25, -0.2) is 4.98 Å². The maximum atomic E-state index is 11.6. The van der Waals surface area contributed by atoms with E-state index < -0.39 is 0 Å². The Labute approximate surface area is 186 Å². The summed E-state index contributed by atoms with van der Waals surface area (Å²) in [4.78, 5) is 20.4. The van der Waals surface area contributed by atoms with Gasteiger partial charge in [0.1, 0.15) is 5.82 Å². The van der Waals surface area contributed by atoms with Gasteiger partial charge in [0, 0.05) is 29.7 Å². The molecule has 1 heterocycles. The van der Waals surface area contributed by atoms with E-state index in [1.54, 1.807) is 52.6 Å². The molecule has 0 saturated carbocycles. The lowest BCUT2D eigenvalue weighted by Gasteiger charge is -2.15. The summed E-state index contributed by atoms with van der Waals surface area (Å²) in [5, 5.41) is 6.37. The van der Waals surface area contributed by atoms with Gasteiger partial charge in [0.05, 0.1) is 34.4 Å². The van der Waals surface area contributed by atoms with Crippen LogP contribution in [-0.4, -0.2) is 43.9 Å². The first-order chi connectivity index (χ1) is 15.6. The topological polar surface area (TPSA) is 104 Å². The van der Waals surface area contributed by atoms with Crippen molar-refractivity contribution >= 4 is 29.1 Å². The average molecular weight is 438 g/mol. The molecular formula is C23H26N4O5. The number of carbonyl (C=O) groups excluding carboxylic acids is 1. The molecule has 0 aliphatic heterocycles. The number of hydrogen-bond acceptors (Lipinski definition) is 9. The summed E-state index contributed by atoms with van der Waals surface area (Å²) in [5.74, 6) is 2.30. The molecule has 9 nitrogen and oxygen atoms in total. The number of benzene rings is 2. The monoisotopic (exact) mass is 438 g/mol. The van der Waals surface area contributed by atoms with Crippen LogP contribution < -0.4 is 24.8 Å². The van der Waals surface area contributed by atoms with E-state index in [1.165, 1.54) is 0 Å². The summed E-state index contributed by atoms with van der Waals surface area (Å²) in [6.07, 6.45) is 1.88. The number of methoxy groups -OCH3 is 3. The number of ether oxygens (including phenoxy) is 4. The second-order valence-electron chi connectivity index (χ2n) is 6.61. The summed E-state index contributed by atoms with van der Waals surface area (Å²) in [6.45, 7) is 2.16. The predicted molar refractivity (Wildman–Crippen MR) is 121 cm³/mol. The number of hydrogen-bond donors (Lipinski definition) is 2.